The van der Waals surface area contributed by atoms with E-state index in [1.54, 1.807) is 13.0 Å². The molecule has 0 radical (unpaired) electrons. The lowest BCUT2D eigenvalue weighted by atomic mass is 10.1. The lowest BCUT2D eigenvalue weighted by Gasteiger charge is -2.19. The van der Waals surface area contributed by atoms with Gasteiger partial charge < -0.3 is 10.5 Å². The maximum Gasteiger partial charge on any atom is 0.244 e. The molecule has 0 saturated heterocycles. The number of sulfonamides is 1. The first-order chi connectivity index (χ1) is 9.85. The van der Waals surface area contributed by atoms with Gasteiger partial charge >= 0.3 is 0 Å². The lowest BCUT2D eigenvalue weighted by Crippen LogP contribution is -2.40. The van der Waals surface area contributed by atoms with Gasteiger partial charge in [0.25, 0.3) is 0 Å². The highest BCUT2D eigenvalue weighted by Crippen LogP contribution is 2.29. The standard InChI is InChI=1S/C15H26N2O3S.ClH/c1-5-6-7-13(10-16)17-21(18,19)15-12(3)8-11(2)9-14(15)20-4;/h8-9,13,17H,5-7,10,16H2,1-4H3;1H. The average molecular weight is 351 g/mol. The van der Waals surface area contributed by atoms with Crippen LogP contribution in [-0.4, -0.2) is 28.1 Å². The van der Waals surface area contributed by atoms with E-state index in [9.17, 15) is 8.42 Å². The minimum atomic E-state index is -3.65. The Morgan fingerprint density at radius 2 is 1.95 bits per heavy atom. The molecule has 0 heterocycles. The highest BCUT2D eigenvalue weighted by molar-refractivity contribution is 7.89. The zero-order chi connectivity index (χ0) is 16.0. The number of methoxy groups -OCH3 is 1. The van der Waals surface area contributed by atoms with Crippen molar-refractivity contribution in [1.82, 2.24) is 4.72 Å². The van der Waals surface area contributed by atoms with Gasteiger partial charge in [0.15, 0.2) is 0 Å². The molecule has 1 aromatic rings. The van der Waals surface area contributed by atoms with Crippen molar-refractivity contribution in [3.05, 3.63) is 23.3 Å². The van der Waals surface area contributed by atoms with Gasteiger partial charge in [-0.3, -0.25) is 0 Å². The number of benzene rings is 1. The van der Waals surface area contributed by atoms with Gasteiger partial charge in [0.2, 0.25) is 10.0 Å². The van der Waals surface area contributed by atoms with E-state index in [1.807, 2.05) is 13.0 Å². The van der Waals surface area contributed by atoms with Crippen molar-refractivity contribution in [2.45, 2.75) is 51.0 Å². The molecule has 0 aromatic heterocycles. The highest BCUT2D eigenvalue weighted by atomic mass is 35.5. The third-order valence-electron chi connectivity index (χ3n) is 3.39. The van der Waals surface area contributed by atoms with Gasteiger partial charge in [0.05, 0.1) is 7.11 Å². The van der Waals surface area contributed by atoms with E-state index in [0.717, 1.165) is 24.8 Å². The molecule has 5 nitrogen and oxygen atoms in total. The molecule has 128 valence electrons. The zero-order valence-electron chi connectivity index (χ0n) is 13.7. The summed E-state index contributed by atoms with van der Waals surface area (Å²) in [7, 11) is -2.17. The van der Waals surface area contributed by atoms with Crippen molar-refractivity contribution in [2.75, 3.05) is 13.7 Å². The van der Waals surface area contributed by atoms with E-state index < -0.39 is 10.0 Å². The van der Waals surface area contributed by atoms with Gasteiger partial charge in [-0.25, -0.2) is 13.1 Å². The normalized spacial score (nSPS) is 12.6. The largest absolute Gasteiger partial charge is 0.495 e. The first-order valence-electron chi connectivity index (χ1n) is 7.23. The molecule has 1 aromatic carbocycles. The smallest absolute Gasteiger partial charge is 0.244 e. The summed E-state index contributed by atoms with van der Waals surface area (Å²) in [5.41, 5.74) is 7.31. The monoisotopic (exact) mass is 350 g/mol. The summed E-state index contributed by atoms with van der Waals surface area (Å²) >= 11 is 0. The predicted molar refractivity (Wildman–Crippen MR) is 92.4 cm³/mol. The molecule has 7 heteroatoms. The first-order valence-corrected chi connectivity index (χ1v) is 8.71. The number of aryl methyl sites for hydroxylation is 2. The number of nitrogens with one attached hydrogen (secondary N) is 1. The average Bonchev–Trinajstić information content (AvgIpc) is 2.41. The third kappa shape index (κ3) is 5.43. The van der Waals surface area contributed by atoms with E-state index in [2.05, 4.69) is 11.6 Å². The van der Waals surface area contributed by atoms with Crippen LogP contribution in [-0.2, 0) is 10.0 Å². The van der Waals surface area contributed by atoms with E-state index >= 15 is 0 Å². The van der Waals surface area contributed by atoms with Crippen LogP contribution >= 0.6 is 12.4 Å². The van der Waals surface area contributed by atoms with Crippen LogP contribution in [0.3, 0.4) is 0 Å². The second-order valence-electron chi connectivity index (χ2n) is 5.31. The second-order valence-corrected chi connectivity index (χ2v) is 6.96. The Balaban J connectivity index is 0.00000441. The van der Waals surface area contributed by atoms with Gasteiger partial charge in [-0.15, -0.1) is 12.4 Å². The fraction of sp³-hybridized carbons (Fsp3) is 0.600. The molecule has 0 aliphatic heterocycles. The van der Waals surface area contributed by atoms with Crippen molar-refractivity contribution in [3.63, 3.8) is 0 Å². The Morgan fingerprint density at radius 1 is 1.32 bits per heavy atom. The van der Waals surface area contributed by atoms with Gasteiger partial charge in [-0.2, -0.15) is 0 Å². The summed E-state index contributed by atoms with van der Waals surface area (Å²) < 4.78 is 33.2. The van der Waals surface area contributed by atoms with Crippen LogP contribution < -0.4 is 15.2 Å². The molecule has 22 heavy (non-hydrogen) atoms. The Hall–Kier alpha value is -0.820. The summed E-state index contributed by atoms with van der Waals surface area (Å²) in [4.78, 5) is 0.200. The minimum Gasteiger partial charge on any atom is -0.495 e. The third-order valence-corrected chi connectivity index (χ3v) is 5.09. The van der Waals surface area contributed by atoms with Crippen molar-refractivity contribution < 1.29 is 13.2 Å². The Bertz CT molecular complexity index is 576. The van der Waals surface area contributed by atoms with Crippen molar-refractivity contribution in [3.8, 4) is 5.75 Å². The van der Waals surface area contributed by atoms with Crippen molar-refractivity contribution in [1.29, 1.82) is 0 Å². The summed E-state index contributed by atoms with van der Waals surface area (Å²) in [5.74, 6) is 0.367. The molecule has 0 aliphatic rings. The van der Waals surface area contributed by atoms with Crippen LogP contribution in [0.2, 0.25) is 0 Å². The highest BCUT2D eigenvalue weighted by Gasteiger charge is 2.25. The molecular weight excluding hydrogens is 324 g/mol. The lowest BCUT2D eigenvalue weighted by molar-refractivity contribution is 0.400. The molecule has 1 rings (SSSR count). The summed E-state index contributed by atoms with van der Waals surface area (Å²) in [6, 6.07) is 3.31. The zero-order valence-corrected chi connectivity index (χ0v) is 15.3. The summed E-state index contributed by atoms with van der Waals surface area (Å²) in [6.07, 6.45) is 2.68. The number of halogens is 1. The maximum atomic E-state index is 12.6. The molecule has 0 amide bonds. The van der Waals surface area contributed by atoms with Crippen molar-refractivity contribution >= 4 is 22.4 Å². The van der Waals surface area contributed by atoms with Crippen LogP contribution in [0.4, 0.5) is 0 Å². The number of nitrogens with two attached hydrogens (primary N) is 1. The van der Waals surface area contributed by atoms with Crippen molar-refractivity contribution in [2.24, 2.45) is 5.73 Å². The van der Waals surface area contributed by atoms with Crippen LogP contribution in [0.1, 0.15) is 37.3 Å². The van der Waals surface area contributed by atoms with Crippen LogP contribution in [0.5, 0.6) is 5.75 Å². The van der Waals surface area contributed by atoms with E-state index in [1.165, 1.54) is 7.11 Å². The van der Waals surface area contributed by atoms with Gasteiger partial charge in [-0.1, -0.05) is 25.8 Å². The number of hydrogen-bond acceptors (Lipinski definition) is 4. The summed E-state index contributed by atoms with van der Waals surface area (Å²) in [6.45, 7) is 6.03. The molecule has 0 saturated carbocycles. The minimum absolute atomic E-state index is 0. The van der Waals surface area contributed by atoms with Crippen LogP contribution in [0, 0.1) is 13.8 Å². The Labute approximate surface area is 140 Å². The topological polar surface area (TPSA) is 81.4 Å². The van der Waals surface area contributed by atoms with E-state index in [4.69, 9.17) is 10.5 Å². The summed E-state index contributed by atoms with van der Waals surface area (Å²) in [5, 5.41) is 0. The number of unbranched alkanes of at least 4 members (excludes halogenated alkanes) is 1. The number of rotatable bonds is 8. The van der Waals surface area contributed by atoms with E-state index in [0.29, 0.717) is 11.3 Å². The quantitative estimate of drug-likeness (QED) is 0.754. The molecule has 0 aliphatic carbocycles. The Kier molecular flexibility index (Phi) is 9.00. The van der Waals surface area contributed by atoms with Gasteiger partial charge in [0.1, 0.15) is 10.6 Å². The van der Waals surface area contributed by atoms with Crippen LogP contribution in [0.15, 0.2) is 17.0 Å². The van der Waals surface area contributed by atoms with Crippen LogP contribution in [0.25, 0.3) is 0 Å². The number of hydrogen-bond donors (Lipinski definition) is 2. The molecule has 1 unspecified atom stereocenters. The molecule has 1 atom stereocenters. The Morgan fingerprint density at radius 3 is 2.45 bits per heavy atom. The van der Waals surface area contributed by atoms with Gasteiger partial charge in [-0.05, 0) is 37.5 Å². The van der Waals surface area contributed by atoms with E-state index in [-0.39, 0.29) is 29.9 Å². The molecule has 3 N–H and O–H groups in total. The number of ether oxygens (including phenoxy) is 1. The maximum absolute atomic E-state index is 12.6. The fourth-order valence-electron chi connectivity index (χ4n) is 2.37. The predicted octanol–water partition coefficient (Wildman–Crippen LogP) is 2.53. The SMILES string of the molecule is CCCCC(CN)NS(=O)(=O)c1c(C)cc(C)cc1OC.Cl. The molecule has 0 bridgehead atoms. The second kappa shape index (κ2) is 9.35. The van der Waals surface area contributed by atoms with Gasteiger partial charge in [0, 0.05) is 12.6 Å². The molecular formula is C15H27ClN2O3S. The molecule has 0 fully saturated rings. The molecule has 0 spiro atoms. The fourth-order valence-corrected chi connectivity index (χ4v) is 4.03. The first kappa shape index (κ1) is 21.2.